The maximum atomic E-state index is 10.7. The molecule has 0 radical (unpaired) electrons. The molecule has 4 rings (SSSR count). The van der Waals surface area contributed by atoms with Gasteiger partial charge < -0.3 is 9.84 Å². The molecule has 2 saturated carbocycles. The Morgan fingerprint density at radius 2 is 2.00 bits per heavy atom. The van der Waals surface area contributed by atoms with E-state index in [-0.39, 0.29) is 3.61 Å². The molecule has 1 N–H and O–H groups in total. The maximum Gasteiger partial charge on any atom is 0.303 e. The summed E-state index contributed by atoms with van der Waals surface area (Å²) in [6.07, 6.45) is 7.64. The van der Waals surface area contributed by atoms with Crippen molar-refractivity contribution in [1.82, 2.24) is 0 Å². The lowest BCUT2D eigenvalue weighted by Gasteiger charge is -2.51. The topological polar surface area (TPSA) is 46.5 Å². The van der Waals surface area contributed by atoms with Gasteiger partial charge in [-0.25, -0.2) is 0 Å². The van der Waals surface area contributed by atoms with Gasteiger partial charge in [-0.3, -0.25) is 4.79 Å². The zero-order valence-corrected chi connectivity index (χ0v) is 12.1. The highest BCUT2D eigenvalue weighted by atomic mass is 127. The number of halogens is 1. The summed E-state index contributed by atoms with van der Waals surface area (Å²) in [5.74, 6) is 0.481. The number of carbonyl (C=O) groups is 1. The number of carboxylic acids is 1. The lowest BCUT2D eigenvalue weighted by molar-refractivity contribution is -0.138. The van der Waals surface area contributed by atoms with Crippen molar-refractivity contribution in [2.45, 2.75) is 48.6 Å². The monoisotopic (exact) mass is 350 g/mol. The summed E-state index contributed by atoms with van der Waals surface area (Å²) in [6, 6.07) is 0. The molecule has 2 aliphatic carbocycles. The molecule has 4 heteroatoms. The second-order valence-electron chi connectivity index (χ2n) is 6.23. The van der Waals surface area contributed by atoms with Gasteiger partial charge in [0.2, 0.25) is 0 Å². The van der Waals surface area contributed by atoms with Gasteiger partial charge in [0.15, 0.2) is 0 Å². The van der Waals surface area contributed by atoms with E-state index in [4.69, 9.17) is 9.84 Å². The van der Waals surface area contributed by atoms with Crippen molar-refractivity contribution in [3.63, 3.8) is 0 Å². The van der Waals surface area contributed by atoms with Crippen molar-refractivity contribution >= 4 is 28.6 Å². The van der Waals surface area contributed by atoms with Crippen LogP contribution >= 0.6 is 22.6 Å². The Labute approximate surface area is 115 Å². The molecule has 0 amide bonds. The molecule has 2 bridgehead atoms. The summed E-state index contributed by atoms with van der Waals surface area (Å²) in [7, 11) is 0. The van der Waals surface area contributed by atoms with E-state index >= 15 is 0 Å². The van der Waals surface area contributed by atoms with Crippen molar-refractivity contribution in [2.75, 3.05) is 6.61 Å². The highest BCUT2D eigenvalue weighted by Gasteiger charge is 2.52. The largest absolute Gasteiger partial charge is 0.481 e. The molecule has 0 aromatic rings. The Morgan fingerprint density at radius 1 is 1.29 bits per heavy atom. The SMILES string of the molecule is O=C(O)CC1CC1CC12CCC(I)(CC1)OC2. The summed E-state index contributed by atoms with van der Waals surface area (Å²) in [6.45, 7) is 0.909. The normalized spacial score (nSPS) is 48.1. The van der Waals surface area contributed by atoms with Gasteiger partial charge in [-0.2, -0.15) is 0 Å². The van der Waals surface area contributed by atoms with E-state index in [2.05, 4.69) is 22.6 Å². The first-order valence-corrected chi connectivity index (χ1v) is 7.63. The fraction of sp³-hybridized carbons (Fsp3) is 0.923. The van der Waals surface area contributed by atoms with E-state index in [1.165, 1.54) is 32.1 Å². The lowest BCUT2D eigenvalue weighted by atomic mass is 9.68. The number of ether oxygens (including phenoxy) is 1. The van der Waals surface area contributed by atoms with Crippen molar-refractivity contribution in [2.24, 2.45) is 17.3 Å². The molecular formula is C13H19IO3. The van der Waals surface area contributed by atoms with Crippen LogP contribution in [0.3, 0.4) is 0 Å². The third-order valence-corrected chi connectivity index (χ3v) is 6.29. The third-order valence-electron chi connectivity index (χ3n) is 4.90. The summed E-state index contributed by atoms with van der Waals surface area (Å²) in [5, 5.41) is 8.78. The molecule has 17 heavy (non-hydrogen) atoms. The van der Waals surface area contributed by atoms with E-state index in [1.54, 1.807) is 0 Å². The lowest BCUT2D eigenvalue weighted by Crippen LogP contribution is -2.47. The van der Waals surface area contributed by atoms with Gasteiger partial charge in [-0.1, -0.05) is 0 Å². The Hall–Kier alpha value is 0.160. The zero-order valence-electron chi connectivity index (χ0n) is 9.95. The van der Waals surface area contributed by atoms with Gasteiger partial charge >= 0.3 is 5.97 Å². The number of rotatable bonds is 4. The van der Waals surface area contributed by atoms with Crippen LogP contribution in [-0.2, 0) is 9.53 Å². The van der Waals surface area contributed by atoms with Gasteiger partial charge in [0.05, 0.1) is 6.61 Å². The predicted octanol–water partition coefficient (Wildman–Crippen LogP) is 3.21. The second-order valence-corrected chi connectivity index (χ2v) is 8.20. The average molecular weight is 350 g/mol. The molecule has 2 atom stereocenters. The molecular weight excluding hydrogens is 331 g/mol. The van der Waals surface area contributed by atoms with Crippen molar-refractivity contribution < 1.29 is 14.6 Å². The number of aliphatic carboxylic acids is 1. The molecule has 0 aromatic carbocycles. The number of alkyl halides is 1. The van der Waals surface area contributed by atoms with Gasteiger partial charge in [0.25, 0.3) is 0 Å². The summed E-state index contributed by atoms with van der Waals surface area (Å²) in [4.78, 5) is 10.7. The summed E-state index contributed by atoms with van der Waals surface area (Å²) >= 11 is 2.47. The molecule has 0 aromatic heterocycles. The summed E-state index contributed by atoms with van der Waals surface area (Å²) in [5.41, 5.74) is 0.394. The molecule has 3 nitrogen and oxygen atoms in total. The van der Waals surface area contributed by atoms with Crippen LogP contribution in [0.2, 0.25) is 0 Å². The fourth-order valence-electron chi connectivity index (χ4n) is 3.58. The van der Waals surface area contributed by atoms with Gasteiger partial charge in [-0.05, 0) is 78.4 Å². The highest BCUT2D eigenvalue weighted by Crippen LogP contribution is 2.58. The Kier molecular flexibility index (Phi) is 2.93. The van der Waals surface area contributed by atoms with E-state index < -0.39 is 5.97 Å². The highest BCUT2D eigenvalue weighted by molar-refractivity contribution is 14.1. The van der Waals surface area contributed by atoms with Crippen LogP contribution in [0, 0.1) is 17.3 Å². The van der Waals surface area contributed by atoms with Crippen LogP contribution in [0.4, 0.5) is 0 Å². The molecule has 0 spiro atoms. The van der Waals surface area contributed by atoms with E-state index in [9.17, 15) is 4.79 Å². The minimum atomic E-state index is -0.634. The standard InChI is InChI=1S/C13H19IO3/c14-13-3-1-12(2-4-13,8-17-13)7-10-5-9(10)6-11(15)16/h9-10H,1-8H2,(H,15,16). The third kappa shape index (κ3) is 2.48. The van der Waals surface area contributed by atoms with Crippen molar-refractivity contribution in [3.05, 3.63) is 0 Å². The van der Waals surface area contributed by atoms with Crippen LogP contribution in [0.15, 0.2) is 0 Å². The van der Waals surface area contributed by atoms with E-state index in [0.717, 1.165) is 13.0 Å². The summed E-state index contributed by atoms with van der Waals surface area (Å²) < 4.78 is 6.11. The first-order valence-electron chi connectivity index (χ1n) is 6.55. The van der Waals surface area contributed by atoms with Crippen LogP contribution in [0.25, 0.3) is 0 Å². The quantitative estimate of drug-likeness (QED) is 0.626. The molecule has 2 heterocycles. The zero-order chi connectivity index (χ0) is 12.1. The minimum Gasteiger partial charge on any atom is -0.481 e. The number of fused-ring (bicyclic) bond motifs is 3. The van der Waals surface area contributed by atoms with Crippen LogP contribution in [0.5, 0.6) is 0 Å². The van der Waals surface area contributed by atoms with Gasteiger partial charge in [-0.15, -0.1) is 0 Å². The van der Waals surface area contributed by atoms with Gasteiger partial charge in [0, 0.05) is 6.42 Å². The molecule has 2 saturated heterocycles. The van der Waals surface area contributed by atoms with E-state index in [0.29, 0.717) is 23.7 Å². The molecule has 2 aliphatic heterocycles. The number of hydrogen-bond donors (Lipinski definition) is 1. The van der Waals surface area contributed by atoms with Gasteiger partial charge in [0.1, 0.15) is 3.61 Å². The van der Waals surface area contributed by atoms with Crippen LogP contribution in [-0.4, -0.2) is 21.3 Å². The van der Waals surface area contributed by atoms with Crippen LogP contribution in [0.1, 0.15) is 44.9 Å². The van der Waals surface area contributed by atoms with E-state index in [1.807, 2.05) is 0 Å². The van der Waals surface area contributed by atoms with Crippen molar-refractivity contribution in [3.8, 4) is 0 Å². The maximum absolute atomic E-state index is 10.7. The second kappa shape index (κ2) is 4.08. The Balaban J connectivity index is 1.55. The number of hydrogen-bond acceptors (Lipinski definition) is 2. The average Bonchev–Trinajstić information content (AvgIpc) is 2.98. The fourth-order valence-corrected chi connectivity index (χ4v) is 4.27. The molecule has 4 aliphatic rings. The Bertz CT molecular complexity index is 317. The first-order chi connectivity index (χ1) is 8.00. The predicted molar refractivity (Wildman–Crippen MR) is 72.1 cm³/mol. The smallest absolute Gasteiger partial charge is 0.303 e. The molecule has 2 unspecified atom stereocenters. The van der Waals surface area contributed by atoms with Crippen LogP contribution < -0.4 is 0 Å². The Morgan fingerprint density at radius 3 is 2.53 bits per heavy atom. The minimum absolute atomic E-state index is 0.128. The van der Waals surface area contributed by atoms with Crippen molar-refractivity contribution in [1.29, 1.82) is 0 Å². The number of carboxylic acid groups (broad SMARTS) is 1. The molecule has 4 fully saturated rings. The molecule has 96 valence electrons. The first kappa shape index (κ1) is 12.2.